The highest BCUT2D eigenvalue weighted by molar-refractivity contribution is 5.79. The summed E-state index contributed by atoms with van der Waals surface area (Å²) in [5.41, 5.74) is 10.7. The van der Waals surface area contributed by atoms with E-state index >= 15 is 0 Å². The molecule has 0 saturated heterocycles. The molecule has 0 aliphatic rings. The second kappa shape index (κ2) is 11.5. The molecule has 5 N–H and O–H groups in total. The van der Waals surface area contributed by atoms with E-state index in [4.69, 9.17) is 11.5 Å². The number of carbonyl (C=O) groups excluding carboxylic acids is 2. The largest absolute Gasteiger partial charge is 0.347 e. The summed E-state index contributed by atoms with van der Waals surface area (Å²) in [6.07, 6.45) is 6.44. The van der Waals surface area contributed by atoms with Gasteiger partial charge in [0.1, 0.15) is 6.29 Å². The number of amides is 1. The zero-order valence-electron chi connectivity index (χ0n) is 10.5. The SMILES string of the molecule is NCCCCCC(=O)N[C@H](C=O)CCCCN. The average Bonchev–Trinajstić information content (AvgIpc) is 2.33. The van der Waals surface area contributed by atoms with Gasteiger partial charge in [0.2, 0.25) is 5.91 Å². The van der Waals surface area contributed by atoms with Gasteiger partial charge in [-0.3, -0.25) is 4.79 Å². The molecule has 0 unspecified atom stereocenters. The Bertz CT molecular complexity index is 210. The molecule has 0 heterocycles. The summed E-state index contributed by atoms with van der Waals surface area (Å²) in [4.78, 5) is 22.2. The Labute approximate surface area is 103 Å². The van der Waals surface area contributed by atoms with Crippen LogP contribution in [0.15, 0.2) is 0 Å². The second-order valence-corrected chi connectivity index (χ2v) is 4.19. The normalized spacial score (nSPS) is 12.1. The van der Waals surface area contributed by atoms with Crippen LogP contribution in [0.3, 0.4) is 0 Å². The summed E-state index contributed by atoms with van der Waals surface area (Å²) in [5.74, 6) is -0.0492. The van der Waals surface area contributed by atoms with Crippen LogP contribution in [-0.4, -0.2) is 31.3 Å². The first-order chi connectivity index (χ1) is 8.24. The van der Waals surface area contributed by atoms with E-state index in [1.807, 2.05) is 0 Å². The van der Waals surface area contributed by atoms with Crippen molar-refractivity contribution in [1.82, 2.24) is 5.32 Å². The fourth-order valence-corrected chi connectivity index (χ4v) is 1.57. The van der Waals surface area contributed by atoms with Crippen molar-refractivity contribution >= 4 is 12.2 Å². The molecule has 5 nitrogen and oxygen atoms in total. The highest BCUT2D eigenvalue weighted by Crippen LogP contribution is 2.01. The Morgan fingerprint density at radius 1 is 1.06 bits per heavy atom. The Hall–Kier alpha value is -0.940. The number of carbonyl (C=O) groups is 2. The predicted molar refractivity (Wildman–Crippen MR) is 68.4 cm³/mol. The second-order valence-electron chi connectivity index (χ2n) is 4.19. The quantitative estimate of drug-likeness (QED) is 0.359. The van der Waals surface area contributed by atoms with Gasteiger partial charge >= 0.3 is 0 Å². The minimum Gasteiger partial charge on any atom is -0.347 e. The Kier molecular flexibility index (Phi) is 10.9. The van der Waals surface area contributed by atoms with Crippen LogP contribution in [0, 0.1) is 0 Å². The van der Waals surface area contributed by atoms with E-state index in [-0.39, 0.29) is 11.9 Å². The monoisotopic (exact) mass is 243 g/mol. The summed E-state index contributed by atoms with van der Waals surface area (Å²) in [6, 6.07) is -0.358. The van der Waals surface area contributed by atoms with Crippen molar-refractivity contribution in [3.05, 3.63) is 0 Å². The van der Waals surface area contributed by atoms with Crippen LogP contribution in [0.25, 0.3) is 0 Å². The minimum absolute atomic E-state index is 0.0492. The van der Waals surface area contributed by atoms with E-state index in [0.29, 0.717) is 25.9 Å². The van der Waals surface area contributed by atoms with Gasteiger partial charge in [0.25, 0.3) is 0 Å². The third kappa shape index (κ3) is 9.96. The maximum absolute atomic E-state index is 11.5. The number of hydrogen-bond acceptors (Lipinski definition) is 4. The molecule has 0 aliphatic heterocycles. The van der Waals surface area contributed by atoms with Crippen LogP contribution in [0.5, 0.6) is 0 Å². The highest BCUT2D eigenvalue weighted by Gasteiger charge is 2.10. The molecule has 0 aromatic rings. The minimum atomic E-state index is -0.358. The van der Waals surface area contributed by atoms with Crippen LogP contribution in [-0.2, 0) is 9.59 Å². The molecule has 0 aliphatic carbocycles. The predicted octanol–water partition coefficient (Wildman–Crippen LogP) is 0.318. The number of rotatable bonds is 11. The maximum atomic E-state index is 11.5. The van der Waals surface area contributed by atoms with Crippen molar-refractivity contribution < 1.29 is 9.59 Å². The Morgan fingerprint density at radius 2 is 1.71 bits per heavy atom. The first-order valence-electron chi connectivity index (χ1n) is 6.39. The molecule has 1 atom stereocenters. The zero-order chi connectivity index (χ0) is 12.9. The van der Waals surface area contributed by atoms with Crippen LogP contribution >= 0.6 is 0 Å². The Morgan fingerprint density at radius 3 is 2.29 bits per heavy atom. The van der Waals surface area contributed by atoms with Crippen molar-refractivity contribution in [2.45, 2.75) is 51.0 Å². The third-order valence-corrected chi connectivity index (χ3v) is 2.59. The molecular formula is C12H25N3O2. The van der Waals surface area contributed by atoms with E-state index in [1.54, 1.807) is 0 Å². The van der Waals surface area contributed by atoms with Crippen molar-refractivity contribution in [2.75, 3.05) is 13.1 Å². The average molecular weight is 243 g/mol. The van der Waals surface area contributed by atoms with Crippen molar-refractivity contribution in [3.8, 4) is 0 Å². The summed E-state index contributed by atoms with van der Waals surface area (Å²) in [5, 5.41) is 2.72. The summed E-state index contributed by atoms with van der Waals surface area (Å²) in [7, 11) is 0. The van der Waals surface area contributed by atoms with E-state index < -0.39 is 0 Å². The van der Waals surface area contributed by atoms with Crippen LogP contribution in [0.4, 0.5) is 0 Å². The molecule has 0 radical (unpaired) electrons. The molecule has 17 heavy (non-hydrogen) atoms. The fraction of sp³-hybridized carbons (Fsp3) is 0.833. The summed E-state index contributed by atoms with van der Waals surface area (Å²) >= 11 is 0. The van der Waals surface area contributed by atoms with Crippen LogP contribution in [0.1, 0.15) is 44.9 Å². The highest BCUT2D eigenvalue weighted by atomic mass is 16.2. The summed E-state index contributed by atoms with van der Waals surface area (Å²) < 4.78 is 0. The first kappa shape index (κ1) is 16.1. The van der Waals surface area contributed by atoms with Crippen molar-refractivity contribution in [2.24, 2.45) is 11.5 Å². The zero-order valence-corrected chi connectivity index (χ0v) is 10.5. The van der Waals surface area contributed by atoms with Gasteiger partial charge in [-0.1, -0.05) is 6.42 Å². The molecule has 0 spiro atoms. The molecular weight excluding hydrogens is 218 g/mol. The number of hydrogen-bond donors (Lipinski definition) is 3. The number of nitrogens with two attached hydrogens (primary N) is 2. The first-order valence-corrected chi connectivity index (χ1v) is 6.39. The van der Waals surface area contributed by atoms with Crippen LogP contribution < -0.4 is 16.8 Å². The van der Waals surface area contributed by atoms with Gasteiger partial charge in [-0.25, -0.2) is 0 Å². The molecule has 0 aromatic heterocycles. The Balaban J connectivity index is 3.63. The molecule has 0 rings (SSSR count). The number of aldehydes is 1. The molecule has 0 saturated carbocycles. The van der Waals surface area contributed by atoms with Gasteiger partial charge in [-0.2, -0.15) is 0 Å². The lowest BCUT2D eigenvalue weighted by molar-refractivity contribution is -0.124. The molecule has 100 valence electrons. The van der Waals surface area contributed by atoms with Gasteiger partial charge in [-0.05, 0) is 45.2 Å². The molecule has 5 heteroatoms. The lowest BCUT2D eigenvalue weighted by atomic mass is 10.1. The van der Waals surface area contributed by atoms with E-state index in [2.05, 4.69) is 5.32 Å². The molecule has 1 amide bonds. The molecule has 0 fully saturated rings. The lowest BCUT2D eigenvalue weighted by Crippen LogP contribution is -2.35. The number of unbranched alkanes of at least 4 members (excludes halogenated alkanes) is 3. The topological polar surface area (TPSA) is 98.2 Å². The molecule has 0 bridgehead atoms. The van der Waals surface area contributed by atoms with Crippen molar-refractivity contribution in [1.29, 1.82) is 0 Å². The maximum Gasteiger partial charge on any atom is 0.220 e. The molecule has 0 aromatic carbocycles. The van der Waals surface area contributed by atoms with Crippen molar-refractivity contribution in [3.63, 3.8) is 0 Å². The van der Waals surface area contributed by atoms with Gasteiger partial charge in [0.15, 0.2) is 0 Å². The fourth-order valence-electron chi connectivity index (χ4n) is 1.57. The van der Waals surface area contributed by atoms with Gasteiger partial charge in [-0.15, -0.1) is 0 Å². The third-order valence-electron chi connectivity index (χ3n) is 2.59. The smallest absolute Gasteiger partial charge is 0.220 e. The number of nitrogens with one attached hydrogen (secondary N) is 1. The van der Waals surface area contributed by atoms with E-state index in [9.17, 15) is 9.59 Å². The van der Waals surface area contributed by atoms with Gasteiger partial charge < -0.3 is 21.6 Å². The van der Waals surface area contributed by atoms with Gasteiger partial charge in [0, 0.05) is 6.42 Å². The summed E-state index contributed by atoms with van der Waals surface area (Å²) in [6.45, 7) is 1.29. The van der Waals surface area contributed by atoms with E-state index in [1.165, 1.54) is 0 Å². The van der Waals surface area contributed by atoms with Crippen LogP contribution in [0.2, 0.25) is 0 Å². The van der Waals surface area contributed by atoms with Gasteiger partial charge in [0.05, 0.1) is 6.04 Å². The van der Waals surface area contributed by atoms with E-state index in [0.717, 1.165) is 38.4 Å². The standard InChI is InChI=1S/C12H25N3O2/c13-8-4-1-2-7-12(17)15-11(10-16)6-3-5-9-14/h10-11H,1-9,13-14H2,(H,15,17)/t11-/m0/s1. The lowest BCUT2D eigenvalue weighted by Gasteiger charge is -2.12.